The van der Waals surface area contributed by atoms with Crippen LogP contribution in [0, 0.1) is 22.3 Å². The van der Waals surface area contributed by atoms with Gasteiger partial charge in [0.1, 0.15) is 11.2 Å². The minimum absolute atomic E-state index is 0. The van der Waals surface area contributed by atoms with Gasteiger partial charge in [0.25, 0.3) is 0 Å². The number of hydrogen-bond acceptors (Lipinski definition) is 20. The molecule has 12 heterocycles. The van der Waals surface area contributed by atoms with Crippen LogP contribution in [0.15, 0.2) is 189 Å². The average Bonchev–Trinajstić information content (AvgIpc) is 1.70. The number of thiol groups is 1. The van der Waals surface area contributed by atoms with Gasteiger partial charge in [0.05, 0.1) is 26.3 Å². The number of benzene rings is 3. The van der Waals surface area contributed by atoms with E-state index >= 15 is 0 Å². The summed E-state index contributed by atoms with van der Waals surface area (Å²) < 4.78 is 18.4. The molecule has 3 aromatic carbocycles. The van der Waals surface area contributed by atoms with Crippen LogP contribution in [-0.4, -0.2) is 139 Å². The molecule has 3 saturated heterocycles. The number of fused-ring (bicyclic) bond motifs is 6. The Bertz CT molecular complexity index is 5130. The van der Waals surface area contributed by atoms with Gasteiger partial charge in [-0.15, -0.1) is 6.20 Å². The van der Waals surface area contributed by atoms with E-state index in [0.29, 0.717) is 11.5 Å². The Morgan fingerprint density at radius 1 is 0.477 bits per heavy atom. The predicted molar refractivity (Wildman–Crippen MR) is 435 cm³/mol. The number of nitrogens with two attached hydrogens (primary N) is 1. The van der Waals surface area contributed by atoms with Crippen molar-refractivity contribution in [1.29, 1.82) is 0 Å². The van der Waals surface area contributed by atoms with Crippen molar-refractivity contribution in [3.05, 3.63) is 176 Å². The fourth-order valence-corrected chi connectivity index (χ4v) is 19.6. The molecule has 3 spiro atoms. The Hall–Kier alpha value is -7.82. The van der Waals surface area contributed by atoms with Gasteiger partial charge in [0, 0.05) is 156 Å². The van der Waals surface area contributed by atoms with Crippen molar-refractivity contribution in [2.24, 2.45) is 22.0 Å². The summed E-state index contributed by atoms with van der Waals surface area (Å²) in [4.78, 5) is 77.4. The topological polar surface area (TPSA) is 242 Å². The van der Waals surface area contributed by atoms with Gasteiger partial charge in [-0.3, -0.25) is 33.7 Å². The average molecular weight is 1600 g/mol. The van der Waals surface area contributed by atoms with Gasteiger partial charge in [-0.1, -0.05) is 95.1 Å². The van der Waals surface area contributed by atoms with Crippen LogP contribution in [-0.2, 0) is 23.0 Å². The minimum atomic E-state index is -0.490. The largest absolute Gasteiger partial charge is 1.00 e. The zero-order chi connectivity index (χ0) is 73.9. The van der Waals surface area contributed by atoms with E-state index in [0.717, 1.165) is 203 Å². The predicted octanol–water partition coefficient (Wildman–Crippen LogP) is 13.5. The molecule has 0 unspecified atom stereocenters. The molecule has 2 amide bonds. The zero-order valence-electron chi connectivity index (χ0n) is 63.2. The van der Waals surface area contributed by atoms with Gasteiger partial charge in [0.2, 0.25) is 17.8 Å². The Kier molecular flexibility index (Phi) is 24.7. The van der Waals surface area contributed by atoms with Crippen molar-refractivity contribution in [1.82, 2.24) is 68.7 Å². The molecule has 3 aliphatic heterocycles. The van der Waals surface area contributed by atoms with E-state index in [1.54, 1.807) is 42.1 Å². The van der Waals surface area contributed by atoms with Gasteiger partial charge >= 0.3 is 41.7 Å². The second-order valence-electron chi connectivity index (χ2n) is 31.3. The van der Waals surface area contributed by atoms with E-state index in [-0.39, 0.29) is 78.2 Å². The van der Waals surface area contributed by atoms with Crippen molar-refractivity contribution in [3.8, 4) is 0 Å². The first kappa shape index (κ1) is 79.3. The third kappa shape index (κ3) is 17.6. The number of pyridine rings is 3. The number of aromatic nitrogens is 12. The number of amides is 2. The van der Waals surface area contributed by atoms with Crippen LogP contribution in [0.4, 0.5) is 27.4 Å². The summed E-state index contributed by atoms with van der Waals surface area (Å²) in [6.07, 6.45) is 38.8. The first-order valence-electron chi connectivity index (χ1n) is 37.6. The van der Waals surface area contributed by atoms with Gasteiger partial charge in [0.15, 0.2) is 11.3 Å². The van der Waals surface area contributed by atoms with Crippen LogP contribution in [0.1, 0.15) is 138 Å². The van der Waals surface area contributed by atoms with Crippen molar-refractivity contribution in [2.75, 3.05) is 54.0 Å². The van der Waals surface area contributed by atoms with E-state index < -0.39 is 11.2 Å². The number of nitrogens with zero attached hydrogens (tertiary/aromatic N) is 15. The zero-order valence-corrected chi connectivity index (χ0v) is 69.3. The number of alkyl carbamates (subject to hydrolysis) is 2. The molecule has 564 valence electrons. The molecule has 3 atom stereocenters. The normalized spacial score (nSPS) is 19.2. The smallest absolute Gasteiger partial charge is 0.813 e. The Labute approximate surface area is 683 Å². The minimum Gasteiger partial charge on any atom is -0.813 e. The molecule has 109 heavy (non-hydrogen) atoms. The van der Waals surface area contributed by atoms with Crippen molar-refractivity contribution in [2.45, 2.75) is 187 Å². The fourth-order valence-electron chi connectivity index (χ4n) is 17.1. The van der Waals surface area contributed by atoms with Gasteiger partial charge in [-0.2, -0.15) is 0 Å². The quantitative estimate of drug-likeness (QED) is 0.0526. The maximum atomic E-state index is 12.5. The molecule has 3 saturated carbocycles. The molecule has 22 nitrogen and oxygen atoms in total. The summed E-state index contributed by atoms with van der Waals surface area (Å²) in [5, 5.41) is 9.80. The SMILES string of the molecule is Brc1cccc2ncccc12.CC(C)(C)OC(=O)N[C@@H]1CCCC12CCN(c1nc[c-]c3nccn13)CC2.CC(C)(C)OC(=O)N[C@@H]1CCCC12CCN(c1ncc(Sc3cccc4ncccc34)c3nccn13)CC2.N[C@@H]1CCCC12CCN(c1ncc(Sc3cccc4ncccc34)c3nccn13)CC2.[Na+].[SH-]. The maximum absolute atomic E-state index is 12.5. The molecule has 3 aliphatic carbocycles. The number of imidazole rings is 3. The molecule has 6 aliphatic rings. The van der Waals surface area contributed by atoms with Crippen molar-refractivity contribution >= 4 is 133 Å². The first-order chi connectivity index (χ1) is 51.8. The third-order valence-electron chi connectivity index (χ3n) is 22.5. The molecule has 6 fully saturated rings. The number of hydrogen-bond donors (Lipinski definition) is 3. The molecule has 12 aromatic rings. The number of piperidine rings is 3. The second kappa shape index (κ2) is 34.0. The van der Waals surface area contributed by atoms with E-state index in [1.165, 1.54) is 24.2 Å². The van der Waals surface area contributed by atoms with Gasteiger partial charge in [-0.05, 0) is 195 Å². The molecule has 18 rings (SSSR count). The van der Waals surface area contributed by atoms with E-state index in [4.69, 9.17) is 30.2 Å². The Morgan fingerprint density at radius 3 is 1.33 bits per heavy atom. The molecular weight excluding hydrogens is 1500 g/mol. The molecule has 0 bridgehead atoms. The van der Waals surface area contributed by atoms with Crippen LogP contribution in [0.3, 0.4) is 0 Å². The number of carbonyl (C=O) groups excluding carboxylic acids is 2. The number of rotatable bonds is 9. The molecule has 4 N–H and O–H groups in total. The van der Waals surface area contributed by atoms with Crippen LogP contribution in [0.2, 0.25) is 0 Å². The summed E-state index contributed by atoms with van der Waals surface area (Å²) in [6.45, 7) is 17.1. The summed E-state index contributed by atoms with van der Waals surface area (Å²) in [5.74, 6) is 2.83. The van der Waals surface area contributed by atoms with Crippen molar-refractivity contribution in [3.63, 3.8) is 0 Å². The fraction of sp³-hybridized carbons (Fsp3) is 0.427. The van der Waals surface area contributed by atoms with E-state index in [1.807, 2.05) is 162 Å². The van der Waals surface area contributed by atoms with Crippen LogP contribution in [0.25, 0.3) is 49.7 Å². The van der Waals surface area contributed by atoms with Crippen LogP contribution < -0.4 is 60.6 Å². The molecule has 27 heteroatoms. The summed E-state index contributed by atoms with van der Waals surface area (Å²) in [6, 6.07) is 34.4. The van der Waals surface area contributed by atoms with Gasteiger partial charge in [-0.25, -0.2) is 29.5 Å². The number of halogens is 1. The summed E-state index contributed by atoms with van der Waals surface area (Å²) in [7, 11) is 0. The molecule has 9 aromatic heterocycles. The molecule has 0 radical (unpaired) electrons. The van der Waals surface area contributed by atoms with E-state index in [9.17, 15) is 9.59 Å². The Balaban J connectivity index is 0.000000134. The maximum Gasteiger partial charge on any atom is 1.00 e. The van der Waals surface area contributed by atoms with Crippen LogP contribution >= 0.6 is 39.5 Å². The van der Waals surface area contributed by atoms with E-state index in [2.05, 4.69) is 116 Å². The number of anilines is 3. The van der Waals surface area contributed by atoms with Crippen LogP contribution in [0.5, 0.6) is 0 Å². The van der Waals surface area contributed by atoms with Crippen molar-refractivity contribution < 1.29 is 48.6 Å². The number of nitrogens with one attached hydrogen (secondary N) is 2. The number of carbonyl (C=O) groups is 2. The second-order valence-corrected chi connectivity index (χ2v) is 34.3. The summed E-state index contributed by atoms with van der Waals surface area (Å²) in [5.41, 5.74) is 11.8. The summed E-state index contributed by atoms with van der Waals surface area (Å²) >= 11 is 6.83. The Morgan fingerprint density at radius 2 is 0.881 bits per heavy atom. The number of ether oxygens (including phenoxy) is 2. The monoisotopic (exact) mass is 1590 g/mol. The molecular formula is C82H95BrN18NaO4S3-. The standard InChI is InChI=1S/C29H34N6O2S.C24H26N6S.C20H28N5O2.C9H6BrN.Na.H2S/c1-28(2,3)37-27(36)33-24-10-5-11-29(24)12-16-34(17-13-29)26-32-19-23(25-31-15-18-35(25)26)38-22-9-4-8-21-20(22)7-6-14-30-21;25-21-7-2-8-24(21)9-13-29(14-10-24)23-28-16-20(22-27-12-15-30(22)23)31-19-6-1-5-18-17(19)4-3-11-26-18;1-19(2,3)27-18(26)23-15-5-4-7-20(15)8-12-24(13-9-20)17-22-10-6-16-21-11-14-25(16)17;10-8-4-1-5-9-7(8)3-2-6-11-9;;/h4,6-9,14-15,18-19,24H,5,10-13,16-17H2,1-3H3,(H,33,36);1,3-6,11-12,15-16,21H,2,7-10,13-14,25H2;10-11,14-15H,4-5,7-9,12-13H2,1-3H3,(H,23,26);1-6H;;1H2/q;;-1;;+1;/p-1/t24-;21-;15-;;;/m111.../s1. The van der Waals surface area contributed by atoms with Gasteiger partial charge < -0.3 is 64.5 Å². The third-order valence-corrected chi connectivity index (χ3v) is 25.4. The first-order valence-corrected chi connectivity index (χ1v) is 40.1.